The fraction of sp³-hybridized carbons (Fsp3) is 0.923. The minimum atomic E-state index is 0.0237. The van der Waals surface area contributed by atoms with Gasteiger partial charge in [-0.05, 0) is 23.7 Å². The molecule has 2 aliphatic carbocycles. The number of hydrogen-bond donors (Lipinski definition) is 2. The predicted molar refractivity (Wildman–Crippen MR) is 65.3 cm³/mol. The summed E-state index contributed by atoms with van der Waals surface area (Å²) in [7, 11) is 0. The first-order valence-electron chi connectivity index (χ1n) is 6.43. The second kappa shape index (κ2) is 3.64. The van der Waals surface area contributed by atoms with Crippen LogP contribution in [0.5, 0.6) is 0 Å². The maximum absolute atomic E-state index is 11.8. The Labute approximate surface area is 98.4 Å². The average Bonchev–Trinajstić information content (AvgIpc) is 2.63. The maximum atomic E-state index is 11.8. The molecule has 3 nitrogen and oxygen atoms in total. The standard InChI is InChI=1S/C13H24N2O/c1-12(2)10(13(12,3)4)15-11(16)14-9-7-5-6-8-9/h9-10H,5-8H2,1-4H3,(H2,14,15,16). The minimum Gasteiger partial charge on any atom is -0.335 e. The van der Waals surface area contributed by atoms with Crippen molar-refractivity contribution in [2.24, 2.45) is 10.8 Å². The van der Waals surface area contributed by atoms with Crippen LogP contribution in [0, 0.1) is 10.8 Å². The number of rotatable bonds is 2. The Morgan fingerprint density at radius 1 is 1.00 bits per heavy atom. The third kappa shape index (κ3) is 1.80. The molecular formula is C13H24N2O. The largest absolute Gasteiger partial charge is 0.335 e. The summed E-state index contributed by atoms with van der Waals surface area (Å²) in [6, 6.07) is 0.738. The minimum absolute atomic E-state index is 0.0237. The number of carbonyl (C=O) groups excluding carboxylic acids is 1. The molecule has 0 aliphatic heterocycles. The first-order chi connectivity index (χ1) is 7.35. The summed E-state index contributed by atoms with van der Waals surface area (Å²) in [5, 5.41) is 6.19. The molecule has 0 bridgehead atoms. The Morgan fingerprint density at radius 3 is 1.94 bits per heavy atom. The van der Waals surface area contributed by atoms with Crippen molar-refractivity contribution in [2.75, 3.05) is 0 Å². The first-order valence-corrected chi connectivity index (χ1v) is 6.43. The zero-order chi connectivity index (χ0) is 12.0. The molecule has 2 saturated carbocycles. The monoisotopic (exact) mass is 224 g/mol. The van der Waals surface area contributed by atoms with Crippen molar-refractivity contribution in [3.05, 3.63) is 0 Å². The van der Waals surface area contributed by atoms with Gasteiger partial charge in [-0.2, -0.15) is 0 Å². The zero-order valence-corrected chi connectivity index (χ0v) is 10.9. The lowest BCUT2D eigenvalue weighted by Gasteiger charge is -2.13. The first kappa shape index (κ1) is 11.7. The molecule has 2 fully saturated rings. The van der Waals surface area contributed by atoms with Gasteiger partial charge in [0.05, 0.1) is 0 Å². The van der Waals surface area contributed by atoms with Gasteiger partial charge in [-0.25, -0.2) is 4.79 Å². The van der Waals surface area contributed by atoms with Crippen molar-refractivity contribution in [2.45, 2.75) is 65.5 Å². The molecule has 0 aromatic heterocycles. The molecular weight excluding hydrogens is 200 g/mol. The lowest BCUT2D eigenvalue weighted by Crippen LogP contribution is -2.43. The summed E-state index contributed by atoms with van der Waals surface area (Å²) in [6.07, 6.45) is 4.80. The SMILES string of the molecule is CC1(C)C(NC(=O)NC2CCCC2)C1(C)C. The molecule has 0 radical (unpaired) electrons. The van der Waals surface area contributed by atoms with Gasteiger partial charge in [0, 0.05) is 12.1 Å². The van der Waals surface area contributed by atoms with E-state index < -0.39 is 0 Å². The van der Waals surface area contributed by atoms with Crippen molar-refractivity contribution in [3.8, 4) is 0 Å². The summed E-state index contributed by atoms with van der Waals surface area (Å²) in [6.45, 7) is 8.86. The summed E-state index contributed by atoms with van der Waals surface area (Å²) in [5.74, 6) is 0. The summed E-state index contributed by atoms with van der Waals surface area (Å²) in [4.78, 5) is 11.8. The molecule has 2 rings (SSSR count). The van der Waals surface area contributed by atoms with Crippen LogP contribution in [0.4, 0.5) is 4.79 Å². The van der Waals surface area contributed by atoms with E-state index >= 15 is 0 Å². The Kier molecular flexibility index (Phi) is 2.67. The van der Waals surface area contributed by atoms with Crippen LogP contribution in [0.25, 0.3) is 0 Å². The lowest BCUT2D eigenvalue weighted by atomic mass is 10.0. The van der Waals surface area contributed by atoms with Gasteiger partial charge in [-0.3, -0.25) is 0 Å². The van der Waals surface area contributed by atoms with Crippen LogP contribution in [0.3, 0.4) is 0 Å². The van der Waals surface area contributed by atoms with Gasteiger partial charge in [0.25, 0.3) is 0 Å². The van der Waals surface area contributed by atoms with E-state index in [1.54, 1.807) is 0 Å². The fourth-order valence-corrected chi connectivity index (χ4v) is 2.99. The molecule has 3 heteroatoms. The molecule has 0 unspecified atom stereocenters. The van der Waals surface area contributed by atoms with E-state index in [4.69, 9.17) is 0 Å². The Morgan fingerprint density at radius 2 is 1.50 bits per heavy atom. The molecule has 0 saturated heterocycles. The highest BCUT2D eigenvalue weighted by Crippen LogP contribution is 2.62. The van der Waals surface area contributed by atoms with Gasteiger partial charge in [0.15, 0.2) is 0 Å². The van der Waals surface area contributed by atoms with Gasteiger partial charge in [-0.1, -0.05) is 40.5 Å². The average molecular weight is 224 g/mol. The van der Waals surface area contributed by atoms with Crippen LogP contribution in [0.2, 0.25) is 0 Å². The van der Waals surface area contributed by atoms with Crippen molar-refractivity contribution in [3.63, 3.8) is 0 Å². The third-order valence-electron chi connectivity index (χ3n) is 4.99. The highest BCUT2D eigenvalue weighted by atomic mass is 16.2. The smallest absolute Gasteiger partial charge is 0.315 e. The van der Waals surface area contributed by atoms with Crippen LogP contribution in [0.15, 0.2) is 0 Å². The Bertz CT molecular complexity index is 276. The van der Waals surface area contributed by atoms with Crippen molar-refractivity contribution >= 4 is 6.03 Å². The van der Waals surface area contributed by atoms with Crippen molar-refractivity contribution < 1.29 is 4.79 Å². The van der Waals surface area contributed by atoms with E-state index in [1.807, 2.05) is 0 Å². The molecule has 92 valence electrons. The highest BCUT2D eigenvalue weighted by molar-refractivity contribution is 5.75. The van der Waals surface area contributed by atoms with E-state index in [0.717, 1.165) is 12.8 Å². The molecule has 0 atom stereocenters. The summed E-state index contributed by atoms with van der Waals surface area (Å²) in [5.41, 5.74) is 0.444. The summed E-state index contributed by atoms with van der Waals surface area (Å²) >= 11 is 0. The number of urea groups is 1. The van der Waals surface area contributed by atoms with Gasteiger partial charge < -0.3 is 10.6 Å². The molecule has 2 aliphatic rings. The second-order valence-electron chi connectivity index (χ2n) is 6.48. The highest BCUT2D eigenvalue weighted by Gasteiger charge is 2.65. The summed E-state index contributed by atoms with van der Waals surface area (Å²) < 4.78 is 0. The van der Waals surface area contributed by atoms with Crippen LogP contribution in [-0.2, 0) is 0 Å². The van der Waals surface area contributed by atoms with Gasteiger partial charge in [0.1, 0.15) is 0 Å². The van der Waals surface area contributed by atoms with Gasteiger partial charge in [-0.15, -0.1) is 0 Å². The van der Waals surface area contributed by atoms with Gasteiger partial charge in [0.2, 0.25) is 0 Å². The normalized spacial score (nSPS) is 27.8. The number of hydrogen-bond acceptors (Lipinski definition) is 1. The van der Waals surface area contributed by atoms with Crippen LogP contribution in [-0.4, -0.2) is 18.1 Å². The predicted octanol–water partition coefficient (Wildman–Crippen LogP) is 2.66. The topological polar surface area (TPSA) is 41.1 Å². The molecule has 16 heavy (non-hydrogen) atoms. The molecule has 0 heterocycles. The van der Waals surface area contributed by atoms with Crippen molar-refractivity contribution in [1.29, 1.82) is 0 Å². The van der Waals surface area contributed by atoms with Crippen molar-refractivity contribution in [1.82, 2.24) is 10.6 Å². The molecule has 2 N–H and O–H groups in total. The fourth-order valence-electron chi connectivity index (χ4n) is 2.99. The van der Waals surface area contributed by atoms with Crippen LogP contribution in [0.1, 0.15) is 53.4 Å². The Balaban J connectivity index is 1.80. The number of carbonyl (C=O) groups is 1. The third-order valence-corrected chi connectivity index (χ3v) is 4.99. The van der Waals surface area contributed by atoms with Gasteiger partial charge >= 0.3 is 6.03 Å². The second-order valence-corrected chi connectivity index (χ2v) is 6.48. The van der Waals surface area contributed by atoms with E-state index in [0.29, 0.717) is 12.1 Å². The van der Waals surface area contributed by atoms with E-state index in [-0.39, 0.29) is 16.9 Å². The number of amides is 2. The van der Waals surface area contributed by atoms with Crippen LogP contribution >= 0.6 is 0 Å². The van der Waals surface area contributed by atoms with E-state index in [9.17, 15) is 4.79 Å². The Hall–Kier alpha value is -0.730. The molecule has 0 aromatic carbocycles. The molecule has 0 aromatic rings. The maximum Gasteiger partial charge on any atom is 0.315 e. The zero-order valence-electron chi connectivity index (χ0n) is 10.9. The molecule has 2 amide bonds. The quantitative estimate of drug-likeness (QED) is 0.744. The van der Waals surface area contributed by atoms with Crippen LogP contribution < -0.4 is 10.6 Å². The number of nitrogens with one attached hydrogen (secondary N) is 2. The lowest BCUT2D eigenvalue weighted by molar-refractivity contribution is 0.235. The van der Waals surface area contributed by atoms with E-state index in [2.05, 4.69) is 38.3 Å². The van der Waals surface area contributed by atoms with E-state index in [1.165, 1.54) is 12.8 Å². The molecule has 0 spiro atoms.